The predicted octanol–water partition coefficient (Wildman–Crippen LogP) is 3.28. The zero-order valence-electron chi connectivity index (χ0n) is 8.83. The minimum absolute atomic E-state index is 0.588. The summed E-state index contributed by atoms with van der Waals surface area (Å²) in [5.41, 5.74) is 2.24. The van der Waals surface area contributed by atoms with Gasteiger partial charge in [0.2, 0.25) is 5.90 Å². The van der Waals surface area contributed by atoms with Crippen molar-refractivity contribution in [2.75, 3.05) is 11.7 Å². The van der Waals surface area contributed by atoms with E-state index in [9.17, 15) is 0 Å². The molecular formula is C11H13BrN2O. The summed E-state index contributed by atoms with van der Waals surface area (Å²) < 4.78 is 1.11. The molecule has 0 amide bonds. The monoisotopic (exact) mass is 268 g/mol. The van der Waals surface area contributed by atoms with Crippen molar-refractivity contribution in [3.05, 3.63) is 28.2 Å². The van der Waals surface area contributed by atoms with E-state index in [-0.39, 0.29) is 0 Å². The minimum Gasteiger partial charge on any atom is -0.362 e. The predicted molar refractivity (Wildman–Crippen MR) is 65.0 cm³/mol. The molecule has 0 aliphatic carbocycles. The highest BCUT2D eigenvalue weighted by Gasteiger charge is 2.16. The summed E-state index contributed by atoms with van der Waals surface area (Å²) in [4.78, 5) is 9.83. The lowest BCUT2D eigenvalue weighted by Gasteiger charge is -2.16. The maximum absolute atomic E-state index is 5.56. The van der Waals surface area contributed by atoms with Crippen molar-refractivity contribution in [3.63, 3.8) is 0 Å². The van der Waals surface area contributed by atoms with Gasteiger partial charge in [-0.05, 0) is 30.7 Å². The number of halogens is 1. The Hall–Kier alpha value is -1.03. The Balaban J connectivity index is 2.15. The summed E-state index contributed by atoms with van der Waals surface area (Å²) in [6.07, 6.45) is 0.839. The van der Waals surface area contributed by atoms with Crippen molar-refractivity contribution in [1.82, 2.24) is 0 Å². The van der Waals surface area contributed by atoms with Crippen LogP contribution < -0.4 is 5.06 Å². The number of nitrogens with zero attached hydrogens (tertiary/aromatic N) is 2. The van der Waals surface area contributed by atoms with Crippen LogP contribution in [0.4, 0.5) is 5.69 Å². The molecule has 0 atom stereocenters. The number of hydrogen-bond acceptors (Lipinski definition) is 3. The standard InChI is InChI=1S/C11H13BrN2O/c1-3-11-13-7-14(15-11)9-4-5-10(12)8(2)6-9/h4-6H,3,7H2,1-2H3. The van der Waals surface area contributed by atoms with Crippen LogP contribution in [0.3, 0.4) is 0 Å². The molecule has 0 unspecified atom stereocenters. The highest BCUT2D eigenvalue weighted by Crippen LogP contribution is 2.24. The second-order valence-corrected chi connectivity index (χ2v) is 4.30. The molecule has 0 saturated carbocycles. The number of hydrogen-bond donors (Lipinski definition) is 0. The zero-order chi connectivity index (χ0) is 10.8. The zero-order valence-corrected chi connectivity index (χ0v) is 10.4. The van der Waals surface area contributed by atoms with Crippen molar-refractivity contribution in [2.24, 2.45) is 4.99 Å². The molecule has 2 rings (SSSR count). The third kappa shape index (κ3) is 2.15. The molecular weight excluding hydrogens is 256 g/mol. The average Bonchev–Trinajstić information content (AvgIpc) is 2.70. The molecule has 0 fully saturated rings. The quantitative estimate of drug-likeness (QED) is 0.823. The van der Waals surface area contributed by atoms with E-state index in [0.717, 1.165) is 22.5 Å². The van der Waals surface area contributed by atoms with Crippen LogP contribution in [0.1, 0.15) is 18.9 Å². The number of hydroxylamine groups is 1. The van der Waals surface area contributed by atoms with Crippen molar-refractivity contribution >= 4 is 27.5 Å². The van der Waals surface area contributed by atoms with Gasteiger partial charge in [-0.1, -0.05) is 22.9 Å². The van der Waals surface area contributed by atoms with Gasteiger partial charge in [0.25, 0.3) is 0 Å². The van der Waals surface area contributed by atoms with Gasteiger partial charge in [0.05, 0.1) is 5.69 Å². The fourth-order valence-corrected chi connectivity index (χ4v) is 1.67. The summed E-state index contributed by atoms with van der Waals surface area (Å²) in [5, 5.41) is 1.80. The molecule has 0 radical (unpaired) electrons. The van der Waals surface area contributed by atoms with E-state index in [1.807, 2.05) is 19.1 Å². The molecule has 4 heteroatoms. The van der Waals surface area contributed by atoms with Crippen molar-refractivity contribution in [2.45, 2.75) is 20.3 Å². The maximum atomic E-state index is 5.56. The van der Waals surface area contributed by atoms with E-state index >= 15 is 0 Å². The van der Waals surface area contributed by atoms with Gasteiger partial charge in [0.1, 0.15) is 6.67 Å². The molecule has 3 nitrogen and oxygen atoms in total. The normalized spacial score (nSPS) is 15.1. The fourth-order valence-electron chi connectivity index (χ4n) is 1.42. The average molecular weight is 269 g/mol. The largest absolute Gasteiger partial charge is 0.362 e. The lowest BCUT2D eigenvalue weighted by atomic mass is 10.2. The maximum Gasteiger partial charge on any atom is 0.219 e. The van der Waals surface area contributed by atoms with E-state index < -0.39 is 0 Å². The van der Waals surface area contributed by atoms with Crippen LogP contribution in [0.25, 0.3) is 0 Å². The molecule has 15 heavy (non-hydrogen) atoms. The van der Waals surface area contributed by atoms with E-state index in [2.05, 4.69) is 33.9 Å². The van der Waals surface area contributed by atoms with Gasteiger partial charge in [-0.25, -0.2) is 4.99 Å². The molecule has 0 saturated heterocycles. The van der Waals surface area contributed by atoms with Gasteiger partial charge >= 0.3 is 0 Å². The number of rotatable bonds is 2. The van der Waals surface area contributed by atoms with Gasteiger partial charge in [-0.15, -0.1) is 0 Å². The van der Waals surface area contributed by atoms with Crippen LogP contribution >= 0.6 is 15.9 Å². The van der Waals surface area contributed by atoms with Gasteiger partial charge in [0, 0.05) is 10.9 Å². The molecule has 0 aromatic heterocycles. The summed E-state index contributed by atoms with van der Waals surface area (Å²) in [5.74, 6) is 0.801. The van der Waals surface area contributed by atoms with E-state index in [0.29, 0.717) is 6.67 Å². The van der Waals surface area contributed by atoms with Crippen molar-refractivity contribution < 1.29 is 4.84 Å². The number of benzene rings is 1. The lowest BCUT2D eigenvalue weighted by molar-refractivity contribution is 0.292. The van der Waals surface area contributed by atoms with Gasteiger partial charge < -0.3 is 4.84 Å². The SMILES string of the molecule is CCC1=NCN(c2ccc(Br)c(C)c2)O1. The first-order chi connectivity index (χ1) is 7.20. The van der Waals surface area contributed by atoms with Gasteiger partial charge in [0.15, 0.2) is 0 Å². The fraction of sp³-hybridized carbons (Fsp3) is 0.364. The molecule has 1 aliphatic heterocycles. The molecule has 0 spiro atoms. The molecule has 1 aromatic rings. The Morgan fingerprint density at radius 3 is 2.93 bits per heavy atom. The summed E-state index contributed by atoms with van der Waals surface area (Å²) in [6.45, 7) is 4.69. The van der Waals surface area contributed by atoms with Crippen LogP contribution in [0.15, 0.2) is 27.7 Å². The second kappa shape index (κ2) is 4.23. The van der Waals surface area contributed by atoms with Crippen molar-refractivity contribution in [3.8, 4) is 0 Å². The first-order valence-corrected chi connectivity index (χ1v) is 5.75. The van der Waals surface area contributed by atoms with Crippen molar-refractivity contribution in [1.29, 1.82) is 0 Å². The lowest BCUT2D eigenvalue weighted by Crippen LogP contribution is -2.19. The highest BCUT2D eigenvalue weighted by atomic mass is 79.9. The van der Waals surface area contributed by atoms with Crippen LogP contribution in [0.2, 0.25) is 0 Å². The Labute approximate surface area is 97.8 Å². The van der Waals surface area contributed by atoms with E-state index in [1.54, 1.807) is 5.06 Å². The Kier molecular flexibility index (Phi) is 2.95. The minimum atomic E-state index is 0.588. The molecule has 1 aromatic carbocycles. The van der Waals surface area contributed by atoms with Crippen LogP contribution in [0.5, 0.6) is 0 Å². The van der Waals surface area contributed by atoms with Crippen LogP contribution in [-0.2, 0) is 4.84 Å². The highest BCUT2D eigenvalue weighted by molar-refractivity contribution is 9.10. The summed E-state index contributed by atoms with van der Waals surface area (Å²) >= 11 is 3.48. The number of aryl methyl sites for hydroxylation is 1. The Bertz CT molecular complexity index is 404. The first-order valence-electron chi connectivity index (χ1n) is 4.95. The Morgan fingerprint density at radius 2 is 2.33 bits per heavy atom. The van der Waals surface area contributed by atoms with E-state index in [1.165, 1.54) is 5.56 Å². The van der Waals surface area contributed by atoms with Crippen LogP contribution in [-0.4, -0.2) is 12.6 Å². The molecule has 0 N–H and O–H groups in total. The summed E-state index contributed by atoms with van der Waals surface area (Å²) in [7, 11) is 0. The third-order valence-corrected chi connectivity index (χ3v) is 3.21. The van der Waals surface area contributed by atoms with Gasteiger partial charge in [-0.3, -0.25) is 0 Å². The first kappa shape index (κ1) is 10.5. The van der Waals surface area contributed by atoms with E-state index in [4.69, 9.17) is 4.84 Å². The molecule has 0 bridgehead atoms. The number of aliphatic imine (C=N–C) groups is 1. The molecule has 1 aliphatic rings. The molecule has 80 valence electrons. The topological polar surface area (TPSA) is 24.8 Å². The Morgan fingerprint density at radius 1 is 1.53 bits per heavy atom. The van der Waals surface area contributed by atoms with Crippen LogP contribution in [0, 0.1) is 6.92 Å². The summed E-state index contributed by atoms with van der Waals surface area (Å²) in [6, 6.07) is 6.13. The second-order valence-electron chi connectivity index (χ2n) is 3.45. The molecule has 1 heterocycles. The smallest absolute Gasteiger partial charge is 0.219 e. The number of anilines is 1. The third-order valence-electron chi connectivity index (χ3n) is 2.32. The van der Waals surface area contributed by atoms with Gasteiger partial charge in [-0.2, -0.15) is 5.06 Å².